The van der Waals surface area contributed by atoms with Crippen LogP contribution in [0.2, 0.25) is 0 Å². The van der Waals surface area contributed by atoms with Gasteiger partial charge in [-0.1, -0.05) is 6.92 Å². The van der Waals surface area contributed by atoms with Gasteiger partial charge in [0.05, 0.1) is 6.42 Å². The first kappa shape index (κ1) is 12.2. The lowest BCUT2D eigenvalue weighted by Gasteiger charge is -2.16. The number of aromatic amines is 1. The van der Waals surface area contributed by atoms with Gasteiger partial charge in [0.2, 0.25) is 0 Å². The molecule has 0 aliphatic rings. The summed E-state index contributed by atoms with van der Waals surface area (Å²) in [4.78, 5) is 0. The molecule has 7 heteroatoms. The third-order valence-electron chi connectivity index (χ3n) is 2.06. The first-order valence-corrected chi connectivity index (χ1v) is 4.98. The van der Waals surface area contributed by atoms with Crippen molar-refractivity contribution < 1.29 is 13.2 Å². The van der Waals surface area contributed by atoms with Gasteiger partial charge < -0.3 is 4.57 Å². The van der Waals surface area contributed by atoms with Crippen LogP contribution < -0.4 is 0 Å². The molecule has 1 rings (SSSR count). The molecule has 1 atom stereocenters. The molecule has 0 fully saturated rings. The van der Waals surface area contributed by atoms with Crippen molar-refractivity contribution in [1.29, 1.82) is 0 Å². The maximum Gasteiger partial charge on any atom is 0.391 e. The molecule has 0 bridgehead atoms. The SMILES string of the molecule is CCc1n[nH]c(=S)n1C(C)CC(F)(F)F. The number of nitrogens with one attached hydrogen (secondary N) is 1. The summed E-state index contributed by atoms with van der Waals surface area (Å²) in [6.45, 7) is 3.31. The van der Waals surface area contributed by atoms with E-state index >= 15 is 0 Å². The lowest BCUT2D eigenvalue weighted by molar-refractivity contribution is -0.141. The van der Waals surface area contributed by atoms with E-state index in [1.807, 2.05) is 6.92 Å². The minimum atomic E-state index is -4.18. The fourth-order valence-electron chi connectivity index (χ4n) is 1.47. The van der Waals surface area contributed by atoms with E-state index in [4.69, 9.17) is 12.2 Å². The molecular formula is C8H12F3N3S. The molecule has 0 aromatic carbocycles. The Kier molecular flexibility index (Phi) is 3.54. The number of H-pyrrole nitrogens is 1. The quantitative estimate of drug-likeness (QED) is 0.822. The Hall–Kier alpha value is -0.850. The first-order valence-electron chi connectivity index (χ1n) is 4.57. The number of hydrogen-bond donors (Lipinski definition) is 1. The number of aromatic nitrogens is 3. The lowest BCUT2D eigenvalue weighted by Crippen LogP contribution is -2.18. The number of alkyl halides is 3. The molecule has 0 radical (unpaired) electrons. The number of halogens is 3. The van der Waals surface area contributed by atoms with Crippen molar-refractivity contribution in [2.24, 2.45) is 0 Å². The van der Waals surface area contributed by atoms with Gasteiger partial charge in [-0.05, 0) is 19.1 Å². The summed E-state index contributed by atoms with van der Waals surface area (Å²) in [7, 11) is 0. The second-order valence-electron chi connectivity index (χ2n) is 3.34. The van der Waals surface area contributed by atoms with Crippen LogP contribution in [-0.4, -0.2) is 20.9 Å². The summed E-state index contributed by atoms with van der Waals surface area (Å²) in [6.07, 6.45) is -4.53. The van der Waals surface area contributed by atoms with E-state index in [1.54, 1.807) is 0 Å². The molecule has 0 amide bonds. The van der Waals surface area contributed by atoms with Gasteiger partial charge in [0, 0.05) is 12.5 Å². The third kappa shape index (κ3) is 3.05. The number of aryl methyl sites for hydroxylation is 1. The zero-order chi connectivity index (χ0) is 11.6. The van der Waals surface area contributed by atoms with Crippen molar-refractivity contribution in [1.82, 2.24) is 14.8 Å². The normalized spacial score (nSPS) is 14.2. The Morgan fingerprint density at radius 1 is 1.53 bits per heavy atom. The molecular weight excluding hydrogens is 227 g/mol. The van der Waals surface area contributed by atoms with E-state index in [9.17, 15) is 13.2 Å². The average Bonchev–Trinajstić information content (AvgIpc) is 2.43. The topological polar surface area (TPSA) is 33.6 Å². The molecule has 1 aromatic rings. The summed E-state index contributed by atoms with van der Waals surface area (Å²) in [5.41, 5.74) is 0. The van der Waals surface area contributed by atoms with Crippen LogP contribution in [0.4, 0.5) is 13.2 Å². The van der Waals surface area contributed by atoms with Crippen LogP contribution in [0.3, 0.4) is 0 Å². The van der Waals surface area contributed by atoms with Crippen LogP contribution in [0, 0.1) is 4.77 Å². The van der Waals surface area contributed by atoms with Gasteiger partial charge in [0.15, 0.2) is 4.77 Å². The van der Waals surface area contributed by atoms with E-state index in [0.29, 0.717) is 12.2 Å². The number of nitrogens with zero attached hydrogens (tertiary/aromatic N) is 2. The second-order valence-corrected chi connectivity index (χ2v) is 3.72. The molecule has 86 valence electrons. The molecule has 0 saturated carbocycles. The van der Waals surface area contributed by atoms with Crippen molar-refractivity contribution in [3.05, 3.63) is 10.6 Å². The number of hydrogen-bond acceptors (Lipinski definition) is 2. The van der Waals surface area contributed by atoms with Crippen molar-refractivity contribution >= 4 is 12.2 Å². The second kappa shape index (κ2) is 4.34. The summed E-state index contributed by atoms with van der Waals surface area (Å²) >= 11 is 4.88. The Labute approximate surface area is 90.3 Å². The highest BCUT2D eigenvalue weighted by atomic mass is 32.1. The summed E-state index contributed by atoms with van der Waals surface area (Å²) < 4.78 is 38.2. The van der Waals surface area contributed by atoms with Crippen LogP contribution in [-0.2, 0) is 6.42 Å². The molecule has 15 heavy (non-hydrogen) atoms. The fraction of sp³-hybridized carbons (Fsp3) is 0.750. The zero-order valence-corrected chi connectivity index (χ0v) is 9.24. The van der Waals surface area contributed by atoms with Crippen molar-refractivity contribution in [3.8, 4) is 0 Å². The minimum Gasteiger partial charge on any atom is -0.301 e. The standard InChI is InChI=1S/C8H12F3N3S/c1-3-6-12-13-7(15)14(6)5(2)4-8(9,10)11/h5H,3-4H2,1-2H3,(H,13,15). The van der Waals surface area contributed by atoms with Gasteiger partial charge in [0.1, 0.15) is 5.82 Å². The van der Waals surface area contributed by atoms with E-state index in [1.165, 1.54) is 11.5 Å². The van der Waals surface area contributed by atoms with Crippen LogP contribution in [0.1, 0.15) is 32.1 Å². The predicted octanol–water partition coefficient (Wildman–Crippen LogP) is 3.02. The van der Waals surface area contributed by atoms with Gasteiger partial charge in [-0.3, -0.25) is 5.10 Å². The Morgan fingerprint density at radius 3 is 2.60 bits per heavy atom. The van der Waals surface area contributed by atoms with Crippen LogP contribution in [0.25, 0.3) is 0 Å². The number of rotatable bonds is 3. The summed E-state index contributed by atoms with van der Waals surface area (Å²) in [5.74, 6) is 0.553. The summed E-state index contributed by atoms with van der Waals surface area (Å²) in [6, 6.07) is -0.716. The Morgan fingerprint density at radius 2 is 2.13 bits per heavy atom. The van der Waals surface area contributed by atoms with Gasteiger partial charge in [-0.2, -0.15) is 18.3 Å². The smallest absolute Gasteiger partial charge is 0.301 e. The molecule has 1 unspecified atom stereocenters. The molecule has 0 spiro atoms. The van der Waals surface area contributed by atoms with Crippen LogP contribution >= 0.6 is 12.2 Å². The average molecular weight is 239 g/mol. The van der Waals surface area contributed by atoms with E-state index < -0.39 is 18.6 Å². The predicted molar refractivity (Wildman–Crippen MR) is 52.2 cm³/mol. The first-order chi connectivity index (χ1) is 6.85. The van der Waals surface area contributed by atoms with E-state index in [2.05, 4.69) is 10.2 Å². The third-order valence-corrected chi connectivity index (χ3v) is 2.35. The maximum atomic E-state index is 12.2. The highest BCUT2D eigenvalue weighted by Gasteiger charge is 2.31. The van der Waals surface area contributed by atoms with Gasteiger partial charge in [-0.15, -0.1) is 0 Å². The lowest BCUT2D eigenvalue weighted by atomic mass is 10.2. The largest absolute Gasteiger partial charge is 0.391 e. The minimum absolute atomic E-state index is 0.239. The Balaban J connectivity index is 2.95. The molecule has 0 saturated heterocycles. The molecule has 1 N–H and O–H groups in total. The molecule has 0 aliphatic carbocycles. The monoisotopic (exact) mass is 239 g/mol. The maximum absolute atomic E-state index is 12.2. The van der Waals surface area contributed by atoms with Crippen molar-refractivity contribution in [2.45, 2.75) is 38.9 Å². The molecule has 1 heterocycles. The van der Waals surface area contributed by atoms with Crippen LogP contribution in [0.5, 0.6) is 0 Å². The molecule has 3 nitrogen and oxygen atoms in total. The van der Waals surface area contributed by atoms with Crippen molar-refractivity contribution in [2.75, 3.05) is 0 Å². The fourth-order valence-corrected chi connectivity index (χ4v) is 1.80. The van der Waals surface area contributed by atoms with Crippen molar-refractivity contribution in [3.63, 3.8) is 0 Å². The summed E-state index contributed by atoms with van der Waals surface area (Å²) in [5, 5.41) is 6.37. The molecule has 0 aliphatic heterocycles. The highest BCUT2D eigenvalue weighted by molar-refractivity contribution is 7.71. The zero-order valence-electron chi connectivity index (χ0n) is 8.43. The highest BCUT2D eigenvalue weighted by Crippen LogP contribution is 2.28. The van der Waals surface area contributed by atoms with Gasteiger partial charge in [-0.25, -0.2) is 0 Å². The van der Waals surface area contributed by atoms with Gasteiger partial charge >= 0.3 is 6.18 Å². The Bertz CT molecular complexity index is 379. The van der Waals surface area contributed by atoms with E-state index in [-0.39, 0.29) is 4.77 Å². The van der Waals surface area contributed by atoms with E-state index in [0.717, 1.165) is 0 Å². The van der Waals surface area contributed by atoms with Gasteiger partial charge in [0.25, 0.3) is 0 Å². The van der Waals surface area contributed by atoms with Crippen LogP contribution in [0.15, 0.2) is 0 Å². The molecule has 1 aromatic heterocycles.